The van der Waals surface area contributed by atoms with Crippen LogP contribution in [0.1, 0.15) is 5.56 Å². The lowest BCUT2D eigenvalue weighted by atomic mass is 10.2. The summed E-state index contributed by atoms with van der Waals surface area (Å²) in [5.74, 6) is 0.884. The summed E-state index contributed by atoms with van der Waals surface area (Å²) in [7, 11) is 0. The number of benzene rings is 1. The van der Waals surface area contributed by atoms with Gasteiger partial charge < -0.3 is 14.2 Å². The van der Waals surface area contributed by atoms with Gasteiger partial charge in [0.05, 0.1) is 26.4 Å². The van der Waals surface area contributed by atoms with Crippen LogP contribution in [-0.2, 0) is 9.47 Å². The summed E-state index contributed by atoms with van der Waals surface area (Å²) in [5, 5.41) is 0.865. The van der Waals surface area contributed by atoms with Crippen molar-refractivity contribution in [3.05, 3.63) is 29.8 Å². The standard InChI is InChI=1S/C13H19BrO3/c1-12-2-4-13(5-3-12)17-11-10-16-9-8-15-7-6-14/h2-5H,6-11H2,1H3. The Hall–Kier alpha value is -0.580. The van der Waals surface area contributed by atoms with Gasteiger partial charge in [-0.1, -0.05) is 33.6 Å². The molecule has 0 spiro atoms. The molecule has 0 unspecified atom stereocenters. The molecule has 3 nitrogen and oxygen atoms in total. The maximum Gasteiger partial charge on any atom is 0.119 e. The predicted octanol–water partition coefficient (Wildman–Crippen LogP) is 2.80. The lowest BCUT2D eigenvalue weighted by Gasteiger charge is -2.07. The van der Waals surface area contributed by atoms with Gasteiger partial charge in [-0.2, -0.15) is 0 Å². The van der Waals surface area contributed by atoms with E-state index in [0.29, 0.717) is 26.4 Å². The molecule has 17 heavy (non-hydrogen) atoms. The lowest BCUT2D eigenvalue weighted by Crippen LogP contribution is -2.11. The van der Waals surface area contributed by atoms with Crippen LogP contribution in [0.3, 0.4) is 0 Å². The highest BCUT2D eigenvalue weighted by molar-refractivity contribution is 9.09. The summed E-state index contributed by atoms with van der Waals surface area (Å²) in [5.41, 5.74) is 1.23. The van der Waals surface area contributed by atoms with Gasteiger partial charge in [0.15, 0.2) is 0 Å². The summed E-state index contributed by atoms with van der Waals surface area (Å²) in [4.78, 5) is 0. The molecule has 0 fully saturated rings. The third-order valence-electron chi connectivity index (χ3n) is 2.11. The SMILES string of the molecule is Cc1ccc(OCCOCCOCCBr)cc1. The Labute approximate surface area is 111 Å². The molecule has 0 saturated carbocycles. The molecule has 0 aliphatic rings. The van der Waals surface area contributed by atoms with E-state index >= 15 is 0 Å². The van der Waals surface area contributed by atoms with Crippen molar-refractivity contribution in [3.63, 3.8) is 0 Å². The second kappa shape index (κ2) is 9.45. The van der Waals surface area contributed by atoms with Gasteiger partial charge in [0.1, 0.15) is 12.4 Å². The van der Waals surface area contributed by atoms with Crippen LogP contribution in [0.25, 0.3) is 0 Å². The van der Waals surface area contributed by atoms with Gasteiger partial charge in [0, 0.05) is 5.33 Å². The van der Waals surface area contributed by atoms with E-state index in [1.807, 2.05) is 24.3 Å². The maximum atomic E-state index is 5.52. The van der Waals surface area contributed by atoms with E-state index in [1.165, 1.54) is 5.56 Å². The predicted molar refractivity (Wildman–Crippen MR) is 72.1 cm³/mol. The Morgan fingerprint density at radius 1 is 0.882 bits per heavy atom. The van der Waals surface area contributed by atoms with Gasteiger partial charge in [-0.3, -0.25) is 0 Å². The molecule has 0 N–H and O–H groups in total. The van der Waals surface area contributed by atoms with E-state index in [2.05, 4.69) is 22.9 Å². The molecule has 1 rings (SSSR count). The molecular weight excluding hydrogens is 284 g/mol. The summed E-state index contributed by atoms with van der Waals surface area (Å²) in [6.07, 6.45) is 0. The number of aryl methyl sites for hydroxylation is 1. The van der Waals surface area contributed by atoms with Crippen molar-refractivity contribution in [2.75, 3.05) is 38.4 Å². The van der Waals surface area contributed by atoms with Crippen molar-refractivity contribution in [3.8, 4) is 5.75 Å². The van der Waals surface area contributed by atoms with E-state index in [0.717, 1.165) is 17.7 Å². The zero-order valence-electron chi connectivity index (χ0n) is 10.2. The fourth-order valence-electron chi connectivity index (χ4n) is 1.23. The van der Waals surface area contributed by atoms with Gasteiger partial charge in [0.25, 0.3) is 0 Å². The van der Waals surface area contributed by atoms with Crippen molar-refractivity contribution in [2.45, 2.75) is 6.92 Å². The van der Waals surface area contributed by atoms with Crippen molar-refractivity contribution in [1.82, 2.24) is 0 Å². The number of rotatable bonds is 9. The summed E-state index contributed by atoms with van der Waals surface area (Å²) >= 11 is 3.29. The van der Waals surface area contributed by atoms with Crippen molar-refractivity contribution in [1.29, 1.82) is 0 Å². The molecule has 0 bridgehead atoms. The van der Waals surface area contributed by atoms with Crippen LogP contribution in [0.15, 0.2) is 24.3 Å². The molecule has 0 saturated heterocycles. The van der Waals surface area contributed by atoms with E-state index in [-0.39, 0.29) is 0 Å². The quantitative estimate of drug-likeness (QED) is 0.518. The first kappa shape index (κ1) is 14.5. The maximum absolute atomic E-state index is 5.52. The topological polar surface area (TPSA) is 27.7 Å². The number of alkyl halides is 1. The molecule has 0 aliphatic carbocycles. The average Bonchev–Trinajstić information content (AvgIpc) is 2.35. The highest BCUT2D eigenvalue weighted by Gasteiger charge is 1.93. The molecule has 0 amide bonds. The van der Waals surface area contributed by atoms with Crippen LogP contribution in [-0.4, -0.2) is 38.4 Å². The molecule has 0 radical (unpaired) electrons. The van der Waals surface area contributed by atoms with Crippen molar-refractivity contribution < 1.29 is 14.2 Å². The fourth-order valence-corrected chi connectivity index (χ4v) is 1.46. The first-order valence-electron chi connectivity index (χ1n) is 5.74. The molecule has 1 aromatic rings. The zero-order chi connectivity index (χ0) is 12.3. The van der Waals surface area contributed by atoms with Crippen LogP contribution in [0, 0.1) is 6.92 Å². The molecule has 0 aromatic heterocycles. The third-order valence-corrected chi connectivity index (χ3v) is 2.43. The fraction of sp³-hybridized carbons (Fsp3) is 0.538. The smallest absolute Gasteiger partial charge is 0.119 e. The zero-order valence-corrected chi connectivity index (χ0v) is 11.7. The van der Waals surface area contributed by atoms with Crippen molar-refractivity contribution in [2.24, 2.45) is 0 Å². The second-order valence-electron chi connectivity index (χ2n) is 3.58. The lowest BCUT2D eigenvalue weighted by molar-refractivity contribution is 0.0414. The molecule has 0 heterocycles. The van der Waals surface area contributed by atoms with Crippen LogP contribution >= 0.6 is 15.9 Å². The van der Waals surface area contributed by atoms with E-state index < -0.39 is 0 Å². The Bertz CT molecular complexity index is 287. The molecule has 4 heteroatoms. The highest BCUT2D eigenvalue weighted by atomic mass is 79.9. The monoisotopic (exact) mass is 302 g/mol. The van der Waals surface area contributed by atoms with Gasteiger partial charge in [-0.25, -0.2) is 0 Å². The van der Waals surface area contributed by atoms with Crippen LogP contribution in [0.5, 0.6) is 5.75 Å². The van der Waals surface area contributed by atoms with Gasteiger partial charge in [-0.15, -0.1) is 0 Å². The number of ether oxygens (including phenoxy) is 3. The van der Waals surface area contributed by atoms with E-state index in [4.69, 9.17) is 14.2 Å². The molecular formula is C13H19BrO3. The van der Waals surface area contributed by atoms with Gasteiger partial charge in [-0.05, 0) is 19.1 Å². The van der Waals surface area contributed by atoms with Crippen LogP contribution < -0.4 is 4.74 Å². The van der Waals surface area contributed by atoms with Crippen LogP contribution in [0.2, 0.25) is 0 Å². The van der Waals surface area contributed by atoms with Gasteiger partial charge >= 0.3 is 0 Å². The minimum atomic E-state index is 0.571. The first-order valence-corrected chi connectivity index (χ1v) is 6.86. The van der Waals surface area contributed by atoms with E-state index in [9.17, 15) is 0 Å². The minimum Gasteiger partial charge on any atom is -0.491 e. The largest absolute Gasteiger partial charge is 0.491 e. The molecule has 1 aromatic carbocycles. The molecule has 0 aliphatic heterocycles. The number of hydrogen-bond donors (Lipinski definition) is 0. The minimum absolute atomic E-state index is 0.571. The Morgan fingerprint density at radius 2 is 1.47 bits per heavy atom. The summed E-state index contributed by atoms with van der Waals surface area (Å²) < 4.78 is 16.1. The summed E-state index contributed by atoms with van der Waals surface area (Å²) in [6, 6.07) is 8.00. The number of halogens is 1. The first-order chi connectivity index (χ1) is 8.33. The second-order valence-corrected chi connectivity index (χ2v) is 4.37. The Kier molecular flexibility index (Phi) is 8.05. The number of hydrogen-bond acceptors (Lipinski definition) is 3. The van der Waals surface area contributed by atoms with Gasteiger partial charge in [0.2, 0.25) is 0 Å². The Balaban J connectivity index is 1.95. The van der Waals surface area contributed by atoms with E-state index in [1.54, 1.807) is 0 Å². The molecule has 96 valence electrons. The molecule has 0 atom stereocenters. The normalized spacial score (nSPS) is 10.5. The third kappa shape index (κ3) is 7.36. The average molecular weight is 303 g/mol. The van der Waals surface area contributed by atoms with Crippen LogP contribution in [0.4, 0.5) is 0 Å². The Morgan fingerprint density at radius 3 is 2.12 bits per heavy atom. The highest BCUT2D eigenvalue weighted by Crippen LogP contribution is 2.10. The van der Waals surface area contributed by atoms with Crippen molar-refractivity contribution >= 4 is 15.9 Å². The summed E-state index contributed by atoms with van der Waals surface area (Å²) in [6.45, 7) is 5.19.